The van der Waals surface area contributed by atoms with Crippen molar-refractivity contribution < 1.29 is 9.18 Å². The highest BCUT2D eigenvalue weighted by atomic mass is 35.5. The first kappa shape index (κ1) is 18.4. The zero-order valence-electron chi connectivity index (χ0n) is 13.5. The third-order valence-electron chi connectivity index (χ3n) is 4.28. The summed E-state index contributed by atoms with van der Waals surface area (Å²) in [6.45, 7) is 2.42. The lowest BCUT2D eigenvalue weighted by Crippen LogP contribution is -2.41. The van der Waals surface area contributed by atoms with E-state index in [1.165, 1.54) is 12.1 Å². The summed E-state index contributed by atoms with van der Waals surface area (Å²) in [6, 6.07) is 6.09. The van der Waals surface area contributed by atoms with Crippen molar-refractivity contribution in [2.45, 2.75) is 32.2 Å². The van der Waals surface area contributed by atoms with E-state index >= 15 is 0 Å². The molecule has 1 saturated carbocycles. The van der Waals surface area contributed by atoms with Crippen LogP contribution in [0.2, 0.25) is 0 Å². The molecule has 24 heavy (non-hydrogen) atoms. The summed E-state index contributed by atoms with van der Waals surface area (Å²) in [5.41, 5.74) is 7.84. The maximum atomic E-state index is 13.1. The summed E-state index contributed by atoms with van der Waals surface area (Å²) >= 11 is 0. The Morgan fingerprint density at radius 1 is 1.42 bits per heavy atom. The average Bonchev–Trinajstić information content (AvgIpc) is 3.31. The van der Waals surface area contributed by atoms with Crippen LogP contribution in [0.1, 0.15) is 35.8 Å². The van der Waals surface area contributed by atoms with Gasteiger partial charge in [-0.15, -0.1) is 12.4 Å². The molecule has 1 heterocycles. The van der Waals surface area contributed by atoms with Crippen LogP contribution in [0.3, 0.4) is 0 Å². The molecule has 0 aliphatic heterocycles. The molecule has 3 rings (SSSR count). The Morgan fingerprint density at radius 2 is 2.08 bits per heavy atom. The van der Waals surface area contributed by atoms with Gasteiger partial charge in [-0.05, 0) is 49.4 Å². The Labute approximate surface area is 146 Å². The first-order chi connectivity index (χ1) is 11.1. The van der Waals surface area contributed by atoms with Crippen LogP contribution in [0.15, 0.2) is 30.5 Å². The van der Waals surface area contributed by atoms with Gasteiger partial charge in [-0.25, -0.2) is 9.07 Å². The average molecular weight is 353 g/mol. The number of carbonyl (C=O) groups excluding carboxylic acids is 1. The van der Waals surface area contributed by atoms with Crippen LogP contribution in [-0.2, 0) is 6.42 Å². The van der Waals surface area contributed by atoms with E-state index in [-0.39, 0.29) is 30.2 Å². The Balaban J connectivity index is 0.00000208. The van der Waals surface area contributed by atoms with Crippen molar-refractivity contribution in [1.82, 2.24) is 15.1 Å². The van der Waals surface area contributed by atoms with Crippen molar-refractivity contribution in [2.24, 2.45) is 11.7 Å². The predicted octanol–water partition coefficient (Wildman–Crippen LogP) is 2.46. The molecule has 3 N–H and O–H groups in total. The van der Waals surface area contributed by atoms with Gasteiger partial charge in [0.1, 0.15) is 5.82 Å². The fraction of sp³-hybridized carbons (Fsp3) is 0.412. The number of aromatic nitrogens is 2. The van der Waals surface area contributed by atoms with E-state index in [4.69, 9.17) is 5.73 Å². The van der Waals surface area contributed by atoms with Gasteiger partial charge in [-0.1, -0.05) is 6.92 Å². The Morgan fingerprint density at radius 3 is 2.62 bits per heavy atom. The van der Waals surface area contributed by atoms with E-state index in [0.29, 0.717) is 24.4 Å². The molecule has 1 aliphatic carbocycles. The number of hydrogen-bond acceptors (Lipinski definition) is 3. The number of nitrogens with one attached hydrogen (secondary N) is 1. The van der Waals surface area contributed by atoms with Gasteiger partial charge in [-0.2, -0.15) is 5.10 Å². The fourth-order valence-electron chi connectivity index (χ4n) is 2.82. The summed E-state index contributed by atoms with van der Waals surface area (Å²) < 4.78 is 14.8. The molecule has 1 unspecified atom stereocenters. The second-order valence-corrected chi connectivity index (χ2v) is 5.90. The predicted molar refractivity (Wildman–Crippen MR) is 93.2 cm³/mol. The van der Waals surface area contributed by atoms with Crippen molar-refractivity contribution in [1.29, 1.82) is 0 Å². The van der Waals surface area contributed by atoms with Crippen molar-refractivity contribution in [3.63, 3.8) is 0 Å². The molecule has 0 radical (unpaired) electrons. The molecule has 130 valence electrons. The number of hydrogen-bond donors (Lipinski definition) is 2. The van der Waals surface area contributed by atoms with E-state index in [1.54, 1.807) is 23.0 Å². The van der Waals surface area contributed by atoms with Gasteiger partial charge in [-0.3, -0.25) is 4.79 Å². The number of carbonyl (C=O) groups is 1. The highest BCUT2D eigenvalue weighted by Crippen LogP contribution is 2.32. The number of nitrogens with two attached hydrogens (primary N) is 1. The van der Waals surface area contributed by atoms with E-state index in [0.717, 1.165) is 24.2 Å². The molecule has 5 nitrogen and oxygen atoms in total. The van der Waals surface area contributed by atoms with Gasteiger partial charge in [0.2, 0.25) is 0 Å². The van der Waals surface area contributed by atoms with Crippen molar-refractivity contribution in [2.75, 3.05) is 6.54 Å². The quantitative estimate of drug-likeness (QED) is 0.838. The molecule has 0 saturated heterocycles. The number of benzene rings is 1. The summed E-state index contributed by atoms with van der Waals surface area (Å²) in [6.07, 6.45) is 4.46. The molecule has 1 fully saturated rings. The number of nitrogens with zero attached hydrogens (tertiary/aromatic N) is 2. The highest BCUT2D eigenvalue weighted by molar-refractivity contribution is 5.95. The molecule has 1 aromatic carbocycles. The molecule has 0 bridgehead atoms. The van der Waals surface area contributed by atoms with Gasteiger partial charge in [0.15, 0.2) is 0 Å². The molecule has 2 aromatic rings. The lowest BCUT2D eigenvalue weighted by atomic mass is 10.1. The molecular weight excluding hydrogens is 331 g/mol. The zero-order valence-corrected chi connectivity index (χ0v) is 14.4. The van der Waals surface area contributed by atoms with Crippen LogP contribution >= 0.6 is 12.4 Å². The van der Waals surface area contributed by atoms with E-state index < -0.39 is 0 Å². The van der Waals surface area contributed by atoms with Gasteiger partial charge >= 0.3 is 0 Å². The highest BCUT2D eigenvalue weighted by Gasteiger charge is 2.32. The van der Waals surface area contributed by atoms with E-state index in [9.17, 15) is 9.18 Å². The molecule has 1 aromatic heterocycles. The van der Waals surface area contributed by atoms with Crippen LogP contribution in [0.5, 0.6) is 0 Å². The van der Waals surface area contributed by atoms with Crippen LogP contribution in [0.25, 0.3) is 5.69 Å². The molecular formula is C17H22ClFN4O. The van der Waals surface area contributed by atoms with Crippen molar-refractivity contribution in [3.8, 4) is 5.69 Å². The van der Waals surface area contributed by atoms with Gasteiger partial charge in [0.25, 0.3) is 5.91 Å². The minimum atomic E-state index is -0.299. The molecule has 1 atom stereocenters. The second kappa shape index (κ2) is 7.77. The van der Waals surface area contributed by atoms with E-state index in [2.05, 4.69) is 10.4 Å². The summed E-state index contributed by atoms with van der Waals surface area (Å²) in [5.74, 6) is 0.0610. The second-order valence-electron chi connectivity index (χ2n) is 5.90. The lowest BCUT2D eigenvalue weighted by Gasteiger charge is -2.16. The summed E-state index contributed by atoms with van der Waals surface area (Å²) in [4.78, 5) is 12.5. The minimum absolute atomic E-state index is 0. The van der Waals surface area contributed by atoms with Crippen LogP contribution in [-0.4, -0.2) is 28.3 Å². The van der Waals surface area contributed by atoms with E-state index in [1.807, 2.05) is 6.92 Å². The monoisotopic (exact) mass is 352 g/mol. The largest absolute Gasteiger partial charge is 0.348 e. The maximum absolute atomic E-state index is 13.1. The first-order valence-electron chi connectivity index (χ1n) is 7.97. The molecule has 0 spiro atoms. The normalized spacial score (nSPS) is 14.8. The Bertz CT molecular complexity index is 697. The number of amides is 1. The third kappa shape index (κ3) is 3.76. The van der Waals surface area contributed by atoms with Crippen LogP contribution in [0, 0.1) is 11.7 Å². The summed E-state index contributed by atoms with van der Waals surface area (Å²) in [5, 5.41) is 7.32. The lowest BCUT2D eigenvalue weighted by molar-refractivity contribution is 0.0932. The molecule has 1 amide bonds. The minimum Gasteiger partial charge on any atom is -0.348 e. The molecule has 1 aliphatic rings. The Hall–Kier alpha value is -1.92. The number of rotatable bonds is 6. The smallest absolute Gasteiger partial charge is 0.255 e. The molecule has 7 heteroatoms. The van der Waals surface area contributed by atoms with Crippen molar-refractivity contribution >= 4 is 18.3 Å². The maximum Gasteiger partial charge on any atom is 0.255 e. The SMILES string of the molecule is CCc1c(C(=O)NC(CN)C2CC2)cnn1-c1ccc(F)cc1.Cl. The van der Waals surface area contributed by atoms with Gasteiger partial charge in [0, 0.05) is 12.6 Å². The van der Waals surface area contributed by atoms with Crippen LogP contribution in [0.4, 0.5) is 4.39 Å². The number of halogens is 2. The third-order valence-corrected chi connectivity index (χ3v) is 4.28. The zero-order chi connectivity index (χ0) is 16.4. The standard InChI is InChI=1S/C17H21FN4O.ClH/c1-2-16-14(17(23)21-15(9-19)11-3-4-11)10-20-22(16)13-7-5-12(18)6-8-13;/h5-8,10-11,15H,2-4,9,19H2,1H3,(H,21,23);1H. The summed E-state index contributed by atoms with van der Waals surface area (Å²) in [7, 11) is 0. The van der Waals surface area contributed by atoms with Crippen LogP contribution < -0.4 is 11.1 Å². The topological polar surface area (TPSA) is 72.9 Å². The van der Waals surface area contributed by atoms with Gasteiger partial charge in [0.05, 0.1) is 23.1 Å². The van der Waals surface area contributed by atoms with Gasteiger partial charge < -0.3 is 11.1 Å². The first-order valence-corrected chi connectivity index (χ1v) is 7.97. The fourth-order valence-corrected chi connectivity index (χ4v) is 2.82. The van der Waals surface area contributed by atoms with Crippen molar-refractivity contribution in [3.05, 3.63) is 47.5 Å². The Kier molecular flexibility index (Phi) is 5.96.